The maximum atomic E-state index is 6.25. The van der Waals surface area contributed by atoms with E-state index in [1.54, 1.807) is 0 Å². The summed E-state index contributed by atoms with van der Waals surface area (Å²) < 4.78 is 12.5. The third-order valence-electron chi connectivity index (χ3n) is 11.8. The van der Waals surface area contributed by atoms with Crippen molar-refractivity contribution in [3.05, 3.63) is 255 Å². The molecule has 11 rings (SSSR count). The van der Waals surface area contributed by atoms with Crippen LogP contribution in [0, 0.1) is 0 Å². The maximum Gasteiger partial charge on any atom is 0.134 e. The number of benzene rings is 7. The number of rotatable bonds is 12. The highest BCUT2D eigenvalue weighted by molar-refractivity contribution is 5.82. The lowest BCUT2D eigenvalue weighted by molar-refractivity contribution is 0.597. The van der Waals surface area contributed by atoms with Crippen LogP contribution in [0.5, 0.6) is 0 Å². The molecule has 6 heteroatoms. The van der Waals surface area contributed by atoms with E-state index < -0.39 is 0 Å². The molecule has 0 atom stereocenters. The van der Waals surface area contributed by atoms with Gasteiger partial charge in [0.15, 0.2) is 0 Å². The minimum atomic E-state index is 0.832. The average molecular weight is 851 g/mol. The second-order valence-electron chi connectivity index (χ2n) is 15.9. The summed E-state index contributed by atoms with van der Waals surface area (Å²) in [6.45, 7) is 0. The smallest absolute Gasteiger partial charge is 0.134 e. The first-order valence-corrected chi connectivity index (χ1v) is 21.9. The van der Waals surface area contributed by atoms with Crippen LogP contribution in [0.25, 0.3) is 67.5 Å². The van der Waals surface area contributed by atoms with Crippen molar-refractivity contribution >= 4 is 34.1 Å². The predicted molar refractivity (Wildman–Crippen MR) is 269 cm³/mol. The van der Waals surface area contributed by atoms with E-state index in [4.69, 9.17) is 8.83 Å². The topological polar surface area (TPSA) is 58.5 Å². The fourth-order valence-corrected chi connectivity index (χ4v) is 8.39. The number of hydrogen-bond donors (Lipinski definition) is 0. The Labute approximate surface area is 384 Å². The Morgan fingerprint density at radius 2 is 0.439 bits per heavy atom. The molecule has 66 heavy (non-hydrogen) atoms. The molecule has 0 saturated carbocycles. The van der Waals surface area contributed by atoms with Gasteiger partial charge in [-0.1, -0.05) is 109 Å². The van der Waals surface area contributed by atoms with Crippen LogP contribution < -0.4 is 9.80 Å². The first-order valence-electron chi connectivity index (χ1n) is 21.9. The van der Waals surface area contributed by atoms with Crippen molar-refractivity contribution in [2.75, 3.05) is 9.80 Å². The predicted octanol–water partition coefficient (Wildman–Crippen LogP) is 16.6. The summed E-state index contributed by atoms with van der Waals surface area (Å²) in [5, 5.41) is 0. The Hall–Kier alpha value is -9.00. The van der Waals surface area contributed by atoms with Gasteiger partial charge in [0.25, 0.3) is 0 Å². The average Bonchev–Trinajstić information content (AvgIpc) is 4.11. The van der Waals surface area contributed by atoms with E-state index in [0.29, 0.717) is 0 Å². The summed E-state index contributed by atoms with van der Waals surface area (Å²) in [4.78, 5) is 13.1. The Bertz CT molecular complexity index is 3070. The van der Waals surface area contributed by atoms with Gasteiger partial charge in [-0.2, -0.15) is 0 Å². The van der Waals surface area contributed by atoms with Crippen LogP contribution in [0.2, 0.25) is 0 Å². The zero-order valence-corrected chi connectivity index (χ0v) is 35.9. The third-order valence-corrected chi connectivity index (χ3v) is 11.8. The van der Waals surface area contributed by atoms with E-state index in [-0.39, 0.29) is 0 Å². The molecule has 314 valence electrons. The van der Waals surface area contributed by atoms with Gasteiger partial charge in [0, 0.05) is 81.2 Å². The second-order valence-corrected chi connectivity index (χ2v) is 15.9. The molecule has 0 radical (unpaired) electrons. The van der Waals surface area contributed by atoms with Crippen LogP contribution in [0.4, 0.5) is 34.1 Å². The molecule has 0 saturated heterocycles. The fraction of sp³-hybridized carbons (Fsp3) is 0. The van der Waals surface area contributed by atoms with E-state index in [2.05, 4.69) is 165 Å². The molecule has 0 bridgehead atoms. The minimum absolute atomic E-state index is 0.832. The van der Waals surface area contributed by atoms with Crippen molar-refractivity contribution < 1.29 is 8.83 Å². The van der Waals surface area contributed by atoms with E-state index in [1.165, 1.54) is 0 Å². The van der Waals surface area contributed by atoms with Crippen molar-refractivity contribution in [2.45, 2.75) is 0 Å². The van der Waals surface area contributed by atoms with Crippen LogP contribution in [0.3, 0.4) is 0 Å². The molecule has 0 spiro atoms. The largest absolute Gasteiger partial charge is 0.456 e. The normalized spacial score (nSPS) is 11.0. The number of nitrogens with zero attached hydrogens (tertiary/aromatic N) is 4. The molecule has 7 aromatic carbocycles. The highest BCUT2D eigenvalue weighted by Crippen LogP contribution is 2.40. The van der Waals surface area contributed by atoms with E-state index >= 15 is 0 Å². The number of aromatic nitrogens is 2. The van der Waals surface area contributed by atoms with Gasteiger partial charge < -0.3 is 18.6 Å². The summed E-state index contributed by atoms with van der Waals surface area (Å²) in [6, 6.07) is 79.8. The van der Waals surface area contributed by atoms with E-state index in [1.807, 2.05) is 110 Å². The molecule has 4 heterocycles. The monoisotopic (exact) mass is 850 g/mol. The lowest BCUT2D eigenvalue weighted by Gasteiger charge is -2.25. The van der Waals surface area contributed by atoms with Gasteiger partial charge in [0.2, 0.25) is 0 Å². The molecule has 0 N–H and O–H groups in total. The minimum Gasteiger partial charge on any atom is -0.456 e. The van der Waals surface area contributed by atoms with Gasteiger partial charge in [-0.25, -0.2) is 0 Å². The number of furan rings is 2. The van der Waals surface area contributed by atoms with Crippen molar-refractivity contribution in [2.24, 2.45) is 0 Å². The Balaban J connectivity index is 0.806. The van der Waals surface area contributed by atoms with Gasteiger partial charge >= 0.3 is 0 Å². The first kappa shape index (κ1) is 39.8. The lowest BCUT2D eigenvalue weighted by atomic mass is 9.99. The molecule has 0 amide bonds. The number of pyridine rings is 2. The summed E-state index contributed by atoms with van der Waals surface area (Å²) in [5.41, 5.74) is 14.9. The molecule has 11 aromatic rings. The van der Waals surface area contributed by atoms with Gasteiger partial charge in [0.05, 0.1) is 0 Å². The molecule has 6 nitrogen and oxygen atoms in total. The summed E-state index contributed by atoms with van der Waals surface area (Å²) in [5.74, 6) is 3.37. The van der Waals surface area contributed by atoms with E-state index in [9.17, 15) is 0 Å². The van der Waals surface area contributed by atoms with E-state index in [0.717, 1.165) is 102 Å². The van der Waals surface area contributed by atoms with Crippen molar-refractivity contribution in [3.63, 3.8) is 0 Å². The Kier molecular flexibility index (Phi) is 10.9. The second kappa shape index (κ2) is 18.0. The van der Waals surface area contributed by atoms with Gasteiger partial charge in [-0.15, -0.1) is 0 Å². The van der Waals surface area contributed by atoms with Gasteiger partial charge in [-0.05, 0) is 144 Å². The molecule has 0 aliphatic heterocycles. The Morgan fingerprint density at radius 1 is 0.212 bits per heavy atom. The molecule has 0 fully saturated rings. The quantitative estimate of drug-likeness (QED) is 0.122. The van der Waals surface area contributed by atoms with Crippen LogP contribution >= 0.6 is 0 Å². The molecule has 0 aliphatic carbocycles. The van der Waals surface area contributed by atoms with Crippen LogP contribution in [0.1, 0.15) is 0 Å². The maximum absolute atomic E-state index is 6.25. The number of anilines is 6. The standard InChI is InChI=1S/C60H42N4O2/c1-3-7-47(8-4-1)57-31-33-59(65-57)49-19-27-53(28-20-49)63(55-35-39-61-40-36-55)51-23-15-45(16-24-51)43-11-13-44(14-12-43)46-17-25-52(26-18-46)64(56-37-41-62-42-38-56)54-29-21-50(22-30-54)60-34-32-58(66-60)48-9-5-2-6-10-48/h1-42H. The fourth-order valence-electron chi connectivity index (χ4n) is 8.39. The zero-order valence-electron chi connectivity index (χ0n) is 35.9. The van der Waals surface area contributed by atoms with Gasteiger partial charge in [0.1, 0.15) is 23.0 Å². The third kappa shape index (κ3) is 8.30. The molecule has 4 aromatic heterocycles. The van der Waals surface area contributed by atoms with Gasteiger partial charge in [-0.3, -0.25) is 9.97 Å². The van der Waals surface area contributed by atoms with Crippen molar-refractivity contribution in [1.82, 2.24) is 9.97 Å². The number of hydrogen-bond acceptors (Lipinski definition) is 6. The van der Waals surface area contributed by atoms with Crippen molar-refractivity contribution in [1.29, 1.82) is 0 Å². The SMILES string of the molecule is c1ccc(-c2ccc(-c3ccc(N(c4ccncc4)c4ccc(-c5ccc(-c6ccc(N(c7ccncc7)c7ccc(-c8ccc(-c9ccccc9)o8)cc7)cc6)cc5)cc4)cc3)o2)cc1. The summed E-state index contributed by atoms with van der Waals surface area (Å²) >= 11 is 0. The molecular weight excluding hydrogens is 809 g/mol. The molecule has 0 unspecified atom stereocenters. The zero-order chi connectivity index (χ0) is 44.1. The van der Waals surface area contributed by atoms with Crippen LogP contribution in [-0.4, -0.2) is 9.97 Å². The van der Waals surface area contributed by atoms with Crippen LogP contribution in [0.15, 0.2) is 264 Å². The lowest BCUT2D eigenvalue weighted by Crippen LogP contribution is -2.09. The first-order chi connectivity index (χ1) is 32.7. The highest BCUT2D eigenvalue weighted by atomic mass is 16.3. The molecular formula is C60H42N4O2. The summed E-state index contributed by atoms with van der Waals surface area (Å²) in [6.07, 6.45) is 7.31. The summed E-state index contributed by atoms with van der Waals surface area (Å²) in [7, 11) is 0. The van der Waals surface area contributed by atoms with Crippen molar-refractivity contribution in [3.8, 4) is 67.5 Å². The Morgan fingerprint density at radius 3 is 0.727 bits per heavy atom. The molecule has 0 aliphatic rings. The van der Waals surface area contributed by atoms with Crippen LogP contribution in [-0.2, 0) is 0 Å². The highest BCUT2D eigenvalue weighted by Gasteiger charge is 2.16.